The van der Waals surface area contributed by atoms with E-state index in [1.165, 1.54) is 0 Å². The Morgan fingerprint density at radius 3 is 2.75 bits per heavy atom. The van der Waals surface area contributed by atoms with Crippen molar-refractivity contribution in [1.82, 2.24) is 5.32 Å². The number of nitrogens with one attached hydrogen (secondary N) is 1. The smallest absolute Gasteiger partial charge is 0.219 e. The standard InChI is InChI=1S/C16H19NO3/c1-3-16(19)17-9-8-13-14-10-12(20-2)6-4-11(14)5-7-15(13)18/h4-7,10,18H,3,8-9H2,1-2H3,(H,17,19). The Morgan fingerprint density at radius 2 is 2.05 bits per heavy atom. The van der Waals surface area contributed by atoms with E-state index in [2.05, 4.69) is 5.32 Å². The van der Waals surface area contributed by atoms with Crippen molar-refractivity contribution in [2.24, 2.45) is 0 Å². The molecule has 0 spiro atoms. The van der Waals surface area contributed by atoms with E-state index in [9.17, 15) is 9.90 Å². The number of phenolic OH excluding ortho intramolecular Hbond substituents is 1. The molecule has 2 rings (SSSR count). The van der Waals surface area contributed by atoms with Crippen molar-refractivity contribution < 1.29 is 14.6 Å². The number of carbonyl (C=O) groups excluding carboxylic acids is 1. The summed E-state index contributed by atoms with van der Waals surface area (Å²) in [7, 11) is 1.62. The van der Waals surface area contributed by atoms with Crippen LogP contribution in [0.3, 0.4) is 0 Å². The molecule has 4 heteroatoms. The number of ether oxygens (including phenoxy) is 1. The van der Waals surface area contributed by atoms with E-state index in [1.807, 2.05) is 31.2 Å². The van der Waals surface area contributed by atoms with E-state index in [1.54, 1.807) is 13.2 Å². The number of rotatable bonds is 5. The summed E-state index contributed by atoms with van der Waals surface area (Å²) in [5.41, 5.74) is 0.831. The molecule has 0 bridgehead atoms. The molecule has 0 aliphatic heterocycles. The van der Waals surface area contributed by atoms with E-state index in [0.29, 0.717) is 19.4 Å². The molecule has 1 amide bonds. The molecule has 0 aliphatic rings. The van der Waals surface area contributed by atoms with Crippen LogP contribution < -0.4 is 10.1 Å². The molecule has 0 atom stereocenters. The van der Waals surface area contributed by atoms with Crippen LogP contribution in [0, 0.1) is 0 Å². The van der Waals surface area contributed by atoms with Crippen molar-refractivity contribution >= 4 is 16.7 Å². The van der Waals surface area contributed by atoms with Crippen LogP contribution >= 0.6 is 0 Å². The van der Waals surface area contributed by atoms with Gasteiger partial charge in [0.2, 0.25) is 5.91 Å². The highest BCUT2D eigenvalue weighted by atomic mass is 16.5. The largest absolute Gasteiger partial charge is 0.508 e. The molecule has 0 aliphatic carbocycles. The zero-order valence-corrected chi connectivity index (χ0v) is 11.8. The van der Waals surface area contributed by atoms with Crippen molar-refractivity contribution in [2.75, 3.05) is 13.7 Å². The fourth-order valence-electron chi connectivity index (χ4n) is 2.19. The molecule has 0 unspecified atom stereocenters. The Bertz CT molecular complexity index is 622. The summed E-state index contributed by atoms with van der Waals surface area (Å²) in [6, 6.07) is 9.32. The molecule has 2 aromatic carbocycles. The third-order valence-corrected chi connectivity index (χ3v) is 3.33. The Hall–Kier alpha value is -2.23. The second kappa shape index (κ2) is 6.28. The van der Waals surface area contributed by atoms with Crippen LogP contribution in [0.1, 0.15) is 18.9 Å². The van der Waals surface area contributed by atoms with Crippen molar-refractivity contribution in [3.63, 3.8) is 0 Å². The van der Waals surface area contributed by atoms with E-state index in [4.69, 9.17) is 4.74 Å². The fourth-order valence-corrected chi connectivity index (χ4v) is 2.19. The summed E-state index contributed by atoms with van der Waals surface area (Å²) in [4.78, 5) is 11.3. The number of hydrogen-bond acceptors (Lipinski definition) is 3. The molecule has 0 heterocycles. The van der Waals surface area contributed by atoms with Crippen LogP contribution in [0.25, 0.3) is 10.8 Å². The first-order valence-electron chi connectivity index (χ1n) is 6.71. The maximum absolute atomic E-state index is 11.3. The summed E-state index contributed by atoms with van der Waals surface area (Å²) >= 11 is 0. The molecule has 0 saturated carbocycles. The number of benzene rings is 2. The Kier molecular flexibility index (Phi) is 4.45. The van der Waals surface area contributed by atoms with Gasteiger partial charge in [-0.1, -0.05) is 19.1 Å². The first-order chi connectivity index (χ1) is 9.65. The van der Waals surface area contributed by atoms with Crippen LogP contribution in [-0.4, -0.2) is 24.7 Å². The summed E-state index contributed by atoms with van der Waals surface area (Å²) in [6.07, 6.45) is 1.05. The van der Waals surface area contributed by atoms with Gasteiger partial charge < -0.3 is 15.2 Å². The van der Waals surface area contributed by atoms with Gasteiger partial charge in [-0.25, -0.2) is 0 Å². The van der Waals surface area contributed by atoms with Gasteiger partial charge in [0, 0.05) is 18.5 Å². The van der Waals surface area contributed by atoms with Gasteiger partial charge in [-0.15, -0.1) is 0 Å². The number of methoxy groups -OCH3 is 1. The molecule has 0 radical (unpaired) electrons. The van der Waals surface area contributed by atoms with Crippen molar-refractivity contribution in [1.29, 1.82) is 0 Å². The number of fused-ring (bicyclic) bond motifs is 1. The highest BCUT2D eigenvalue weighted by Crippen LogP contribution is 2.30. The Labute approximate surface area is 118 Å². The molecule has 2 N–H and O–H groups in total. The van der Waals surface area contributed by atoms with Gasteiger partial charge in [-0.2, -0.15) is 0 Å². The topological polar surface area (TPSA) is 58.6 Å². The minimum Gasteiger partial charge on any atom is -0.508 e. The molecule has 0 aromatic heterocycles. The lowest BCUT2D eigenvalue weighted by Crippen LogP contribution is -2.24. The Balaban J connectivity index is 2.30. The summed E-state index contributed by atoms with van der Waals surface area (Å²) < 4.78 is 5.23. The number of aromatic hydroxyl groups is 1. The second-order valence-corrected chi connectivity index (χ2v) is 4.60. The van der Waals surface area contributed by atoms with Crippen LogP contribution in [0.15, 0.2) is 30.3 Å². The third-order valence-electron chi connectivity index (χ3n) is 3.33. The molecular formula is C16H19NO3. The van der Waals surface area contributed by atoms with Crippen LogP contribution in [-0.2, 0) is 11.2 Å². The van der Waals surface area contributed by atoms with E-state index in [-0.39, 0.29) is 11.7 Å². The lowest BCUT2D eigenvalue weighted by atomic mass is 10.0. The van der Waals surface area contributed by atoms with Crippen LogP contribution in [0.4, 0.5) is 0 Å². The highest BCUT2D eigenvalue weighted by molar-refractivity contribution is 5.89. The molecule has 2 aromatic rings. The highest BCUT2D eigenvalue weighted by Gasteiger charge is 2.08. The molecule has 0 saturated heterocycles. The average Bonchev–Trinajstić information content (AvgIpc) is 2.48. The van der Waals surface area contributed by atoms with E-state index < -0.39 is 0 Å². The van der Waals surface area contributed by atoms with Crippen molar-refractivity contribution in [3.05, 3.63) is 35.9 Å². The first-order valence-corrected chi connectivity index (χ1v) is 6.71. The van der Waals surface area contributed by atoms with Gasteiger partial charge >= 0.3 is 0 Å². The van der Waals surface area contributed by atoms with Gasteiger partial charge in [0.25, 0.3) is 0 Å². The quantitative estimate of drug-likeness (QED) is 0.880. The number of hydrogen-bond donors (Lipinski definition) is 2. The third kappa shape index (κ3) is 3.02. The lowest BCUT2D eigenvalue weighted by Gasteiger charge is -2.11. The summed E-state index contributed by atoms with van der Waals surface area (Å²) in [5.74, 6) is 1.01. The predicted octanol–water partition coefficient (Wildman–Crippen LogP) is 2.62. The minimum absolute atomic E-state index is 0.0160. The molecule has 0 fully saturated rings. The number of carbonyl (C=O) groups is 1. The minimum atomic E-state index is 0.0160. The van der Waals surface area contributed by atoms with Gasteiger partial charge in [0.1, 0.15) is 11.5 Å². The van der Waals surface area contributed by atoms with E-state index >= 15 is 0 Å². The SMILES string of the molecule is CCC(=O)NCCc1c(O)ccc2ccc(OC)cc12. The summed E-state index contributed by atoms with van der Waals surface area (Å²) in [5, 5.41) is 14.9. The zero-order valence-electron chi connectivity index (χ0n) is 11.8. The normalized spacial score (nSPS) is 10.5. The molecule has 20 heavy (non-hydrogen) atoms. The maximum atomic E-state index is 11.3. The van der Waals surface area contributed by atoms with Gasteiger partial charge in [0.15, 0.2) is 0 Å². The van der Waals surface area contributed by atoms with Gasteiger partial charge in [-0.3, -0.25) is 4.79 Å². The predicted molar refractivity (Wildman–Crippen MR) is 79.2 cm³/mol. The molecular weight excluding hydrogens is 254 g/mol. The molecule has 4 nitrogen and oxygen atoms in total. The number of amides is 1. The van der Waals surface area contributed by atoms with Crippen LogP contribution in [0.5, 0.6) is 11.5 Å². The van der Waals surface area contributed by atoms with Gasteiger partial charge in [0.05, 0.1) is 7.11 Å². The average molecular weight is 273 g/mol. The zero-order chi connectivity index (χ0) is 14.5. The van der Waals surface area contributed by atoms with Crippen LogP contribution in [0.2, 0.25) is 0 Å². The lowest BCUT2D eigenvalue weighted by molar-refractivity contribution is -0.120. The summed E-state index contributed by atoms with van der Waals surface area (Å²) in [6.45, 7) is 2.33. The van der Waals surface area contributed by atoms with Crippen molar-refractivity contribution in [3.8, 4) is 11.5 Å². The monoisotopic (exact) mass is 273 g/mol. The van der Waals surface area contributed by atoms with Gasteiger partial charge in [-0.05, 0) is 35.4 Å². The fraction of sp³-hybridized carbons (Fsp3) is 0.312. The van der Waals surface area contributed by atoms with Crippen molar-refractivity contribution in [2.45, 2.75) is 19.8 Å². The first kappa shape index (κ1) is 14.2. The molecule has 106 valence electrons. The van der Waals surface area contributed by atoms with E-state index in [0.717, 1.165) is 22.1 Å². The Morgan fingerprint density at radius 1 is 1.30 bits per heavy atom. The maximum Gasteiger partial charge on any atom is 0.219 e. The second-order valence-electron chi connectivity index (χ2n) is 4.60. The number of phenols is 1.